The van der Waals surface area contributed by atoms with E-state index in [4.69, 9.17) is 27.9 Å². The van der Waals surface area contributed by atoms with Gasteiger partial charge in [0.2, 0.25) is 0 Å². The summed E-state index contributed by atoms with van der Waals surface area (Å²) in [7, 11) is 0. The van der Waals surface area contributed by atoms with Crippen LogP contribution >= 0.6 is 23.2 Å². The summed E-state index contributed by atoms with van der Waals surface area (Å²) in [4.78, 5) is 0. The Hall–Kier alpha value is -1.02. The lowest BCUT2D eigenvalue weighted by Crippen LogP contribution is -1.84. The molecule has 86 valence electrons. The SMILES string of the molecule is Clc1cccc([C@H]2O[C@@H]2c2cccc(Cl)c2)c1. The summed E-state index contributed by atoms with van der Waals surface area (Å²) >= 11 is 11.9. The summed E-state index contributed by atoms with van der Waals surface area (Å²) in [6, 6.07) is 15.5. The number of epoxide rings is 1. The number of ether oxygens (including phenoxy) is 1. The molecule has 0 radical (unpaired) electrons. The van der Waals surface area contributed by atoms with Gasteiger partial charge in [0.15, 0.2) is 0 Å². The maximum Gasteiger partial charge on any atom is 0.114 e. The minimum atomic E-state index is 0.104. The smallest absolute Gasteiger partial charge is 0.114 e. The van der Waals surface area contributed by atoms with Crippen LogP contribution in [0.15, 0.2) is 48.5 Å². The number of benzene rings is 2. The van der Waals surface area contributed by atoms with Crippen LogP contribution in [-0.4, -0.2) is 0 Å². The van der Waals surface area contributed by atoms with Crippen molar-refractivity contribution in [3.8, 4) is 0 Å². The van der Waals surface area contributed by atoms with E-state index in [0.717, 1.165) is 21.2 Å². The van der Waals surface area contributed by atoms with Crippen molar-refractivity contribution in [1.29, 1.82) is 0 Å². The van der Waals surface area contributed by atoms with Crippen molar-refractivity contribution in [3.05, 3.63) is 69.7 Å². The number of rotatable bonds is 2. The van der Waals surface area contributed by atoms with Crippen LogP contribution in [0.3, 0.4) is 0 Å². The molecule has 0 spiro atoms. The molecule has 1 aliphatic heterocycles. The molecule has 2 aromatic rings. The first-order valence-corrected chi connectivity index (χ1v) is 6.16. The molecule has 0 aromatic heterocycles. The molecule has 0 aliphatic carbocycles. The van der Waals surface area contributed by atoms with Gasteiger partial charge in [0.1, 0.15) is 12.2 Å². The van der Waals surface area contributed by atoms with Gasteiger partial charge in [0.25, 0.3) is 0 Å². The summed E-state index contributed by atoms with van der Waals surface area (Å²) in [6.45, 7) is 0. The Balaban J connectivity index is 1.83. The van der Waals surface area contributed by atoms with Crippen LogP contribution in [0.1, 0.15) is 23.3 Å². The second-order valence-electron chi connectivity index (χ2n) is 4.09. The summed E-state index contributed by atoms with van der Waals surface area (Å²) in [5, 5.41) is 1.48. The first-order chi connectivity index (χ1) is 8.24. The lowest BCUT2D eigenvalue weighted by atomic mass is 10.0. The van der Waals surface area contributed by atoms with E-state index in [-0.39, 0.29) is 12.2 Å². The topological polar surface area (TPSA) is 12.5 Å². The Morgan fingerprint density at radius 3 is 1.65 bits per heavy atom. The van der Waals surface area contributed by atoms with Crippen LogP contribution in [0, 0.1) is 0 Å². The van der Waals surface area contributed by atoms with Gasteiger partial charge in [-0.1, -0.05) is 47.5 Å². The predicted octanol–water partition coefficient (Wildman–Crippen LogP) is 4.81. The fourth-order valence-corrected chi connectivity index (χ4v) is 2.38. The highest BCUT2D eigenvalue weighted by Crippen LogP contribution is 2.51. The highest BCUT2D eigenvalue weighted by molar-refractivity contribution is 6.30. The third kappa shape index (κ3) is 2.32. The van der Waals surface area contributed by atoms with Crippen molar-refractivity contribution < 1.29 is 4.74 Å². The zero-order valence-electron chi connectivity index (χ0n) is 8.94. The second kappa shape index (κ2) is 4.34. The molecule has 1 aliphatic rings. The van der Waals surface area contributed by atoms with Crippen LogP contribution in [0.2, 0.25) is 10.0 Å². The minimum Gasteiger partial charge on any atom is -0.359 e. The lowest BCUT2D eigenvalue weighted by molar-refractivity contribution is 0.377. The van der Waals surface area contributed by atoms with E-state index < -0.39 is 0 Å². The molecule has 1 heterocycles. The van der Waals surface area contributed by atoms with Crippen LogP contribution < -0.4 is 0 Å². The Morgan fingerprint density at radius 1 is 0.765 bits per heavy atom. The van der Waals surface area contributed by atoms with Crippen LogP contribution in [0.5, 0.6) is 0 Å². The van der Waals surface area contributed by atoms with Crippen molar-refractivity contribution in [1.82, 2.24) is 0 Å². The van der Waals surface area contributed by atoms with Gasteiger partial charge in [-0.05, 0) is 35.4 Å². The van der Waals surface area contributed by atoms with Crippen LogP contribution in [-0.2, 0) is 4.74 Å². The predicted molar refractivity (Wildman–Crippen MR) is 69.5 cm³/mol. The zero-order chi connectivity index (χ0) is 11.8. The van der Waals surface area contributed by atoms with E-state index in [9.17, 15) is 0 Å². The Morgan fingerprint density at radius 2 is 1.24 bits per heavy atom. The fraction of sp³-hybridized carbons (Fsp3) is 0.143. The van der Waals surface area contributed by atoms with Gasteiger partial charge in [-0.3, -0.25) is 0 Å². The second-order valence-corrected chi connectivity index (χ2v) is 4.96. The maximum atomic E-state index is 5.96. The highest BCUT2D eigenvalue weighted by atomic mass is 35.5. The molecular formula is C14H10Cl2O. The zero-order valence-corrected chi connectivity index (χ0v) is 10.4. The molecule has 17 heavy (non-hydrogen) atoms. The van der Waals surface area contributed by atoms with E-state index in [0.29, 0.717) is 0 Å². The molecule has 2 aromatic carbocycles. The normalized spacial score (nSPS) is 22.5. The van der Waals surface area contributed by atoms with E-state index in [1.165, 1.54) is 0 Å². The van der Waals surface area contributed by atoms with Crippen molar-refractivity contribution in [2.45, 2.75) is 12.2 Å². The molecule has 0 bridgehead atoms. The largest absolute Gasteiger partial charge is 0.359 e. The molecular weight excluding hydrogens is 255 g/mol. The van der Waals surface area contributed by atoms with Crippen LogP contribution in [0.25, 0.3) is 0 Å². The van der Waals surface area contributed by atoms with Gasteiger partial charge in [0.05, 0.1) is 0 Å². The minimum absolute atomic E-state index is 0.104. The van der Waals surface area contributed by atoms with Gasteiger partial charge in [-0.25, -0.2) is 0 Å². The summed E-state index contributed by atoms with van der Waals surface area (Å²) in [6.07, 6.45) is 0.208. The van der Waals surface area contributed by atoms with E-state index >= 15 is 0 Å². The molecule has 2 atom stereocenters. The first-order valence-electron chi connectivity index (χ1n) is 5.40. The van der Waals surface area contributed by atoms with E-state index in [1.807, 2.05) is 48.5 Å². The van der Waals surface area contributed by atoms with E-state index in [2.05, 4.69) is 0 Å². The van der Waals surface area contributed by atoms with Crippen LogP contribution in [0.4, 0.5) is 0 Å². The van der Waals surface area contributed by atoms with Gasteiger partial charge in [0, 0.05) is 10.0 Å². The quantitative estimate of drug-likeness (QED) is 0.710. The molecule has 1 saturated heterocycles. The maximum absolute atomic E-state index is 5.96. The molecule has 0 N–H and O–H groups in total. The molecule has 1 nitrogen and oxygen atoms in total. The third-order valence-corrected chi connectivity index (χ3v) is 3.32. The Kier molecular flexibility index (Phi) is 2.83. The van der Waals surface area contributed by atoms with Crippen molar-refractivity contribution in [2.24, 2.45) is 0 Å². The average molecular weight is 265 g/mol. The average Bonchev–Trinajstić information content (AvgIpc) is 3.09. The van der Waals surface area contributed by atoms with E-state index in [1.54, 1.807) is 0 Å². The molecule has 3 heteroatoms. The standard InChI is InChI=1S/C14H10Cl2O/c15-11-5-1-3-9(7-11)13-14(17-13)10-4-2-6-12(16)8-10/h1-8,13-14H/t13-,14-/m1/s1. The Bertz CT molecular complexity index is 504. The number of halogens is 2. The van der Waals surface area contributed by atoms with Crippen molar-refractivity contribution >= 4 is 23.2 Å². The fourth-order valence-electron chi connectivity index (χ4n) is 1.99. The number of hydrogen-bond donors (Lipinski definition) is 0. The molecule has 0 unspecified atom stereocenters. The summed E-state index contributed by atoms with van der Waals surface area (Å²) in [5.41, 5.74) is 2.23. The monoisotopic (exact) mass is 264 g/mol. The Labute approximate surface area is 110 Å². The molecule has 0 saturated carbocycles. The lowest BCUT2D eigenvalue weighted by Gasteiger charge is -1.98. The van der Waals surface area contributed by atoms with Gasteiger partial charge >= 0.3 is 0 Å². The van der Waals surface area contributed by atoms with Crippen molar-refractivity contribution in [3.63, 3.8) is 0 Å². The van der Waals surface area contributed by atoms with Gasteiger partial charge < -0.3 is 4.74 Å². The summed E-state index contributed by atoms with van der Waals surface area (Å²) in [5.74, 6) is 0. The van der Waals surface area contributed by atoms with Gasteiger partial charge in [-0.2, -0.15) is 0 Å². The first kappa shape index (κ1) is 11.1. The van der Waals surface area contributed by atoms with Gasteiger partial charge in [-0.15, -0.1) is 0 Å². The van der Waals surface area contributed by atoms with Crippen molar-refractivity contribution in [2.75, 3.05) is 0 Å². The molecule has 0 amide bonds. The third-order valence-electron chi connectivity index (χ3n) is 2.85. The molecule has 1 fully saturated rings. The highest BCUT2D eigenvalue weighted by Gasteiger charge is 2.41. The number of hydrogen-bond acceptors (Lipinski definition) is 1. The summed E-state index contributed by atoms with van der Waals surface area (Å²) < 4.78 is 5.68. The molecule has 3 rings (SSSR count).